The number of aryl methyl sites for hydroxylation is 1. The van der Waals surface area contributed by atoms with Gasteiger partial charge in [0.1, 0.15) is 11.2 Å². The highest BCUT2D eigenvalue weighted by Crippen LogP contribution is 2.36. The monoisotopic (exact) mass is 337 g/mol. The molecule has 1 fully saturated rings. The van der Waals surface area contributed by atoms with Crippen molar-refractivity contribution < 1.29 is 0 Å². The van der Waals surface area contributed by atoms with E-state index in [2.05, 4.69) is 51.2 Å². The predicted molar refractivity (Wildman–Crippen MR) is 97.0 cm³/mol. The maximum absolute atomic E-state index is 12.3. The van der Waals surface area contributed by atoms with Crippen molar-refractivity contribution >= 4 is 11.0 Å². The van der Waals surface area contributed by atoms with Crippen LogP contribution < -0.4 is 5.56 Å². The van der Waals surface area contributed by atoms with Crippen molar-refractivity contribution in [2.45, 2.75) is 38.9 Å². The third kappa shape index (κ3) is 3.35. The second-order valence-corrected chi connectivity index (χ2v) is 6.99. The number of H-pyrrole nitrogens is 1. The van der Waals surface area contributed by atoms with Crippen LogP contribution in [-0.2, 0) is 20.1 Å². The van der Waals surface area contributed by atoms with Crippen molar-refractivity contribution in [3.8, 4) is 0 Å². The molecule has 1 unspecified atom stereocenters. The first kappa shape index (κ1) is 16.0. The fraction of sp³-hybridized carbons (Fsp3) is 0.421. The number of nitrogens with one attached hydrogen (secondary N) is 1. The largest absolute Gasteiger partial charge is 0.309 e. The molecule has 1 N–H and O–H groups in total. The third-order valence-corrected chi connectivity index (χ3v) is 5.11. The Bertz CT molecular complexity index is 926. The number of hydrogen-bond acceptors (Lipinski definition) is 4. The minimum Gasteiger partial charge on any atom is -0.309 e. The van der Waals surface area contributed by atoms with Crippen molar-refractivity contribution in [3.63, 3.8) is 0 Å². The molecule has 0 spiro atoms. The van der Waals surface area contributed by atoms with Gasteiger partial charge in [0.25, 0.3) is 5.56 Å². The fourth-order valence-corrected chi connectivity index (χ4v) is 3.38. The van der Waals surface area contributed by atoms with Crippen LogP contribution in [0, 0.1) is 5.92 Å². The van der Waals surface area contributed by atoms with Gasteiger partial charge in [-0.2, -0.15) is 5.10 Å². The Hall–Kier alpha value is -2.47. The second-order valence-electron chi connectivity index (χ2n) is 6.99. The van der Waals surface area contributed by atoms with Crippen LogP contribution in [0.3, 0.4) is 0 Å². The summed E-state index contributed by atoms with van der Waals surface area (Å²) in [6.07, 6.45) is 4.15. The van der Waals surface area contributed by atoms with Crippen LogP contribution in [0.2, 0.25) is 0 Å². The van der Waals surface area contributed by atoms with E-state index >= 15 is 0 Å². The summed E-state index contributed by atoms with van der Waals surface area (Å²) in [6.45, 7) is 3.76. The Labute approximate surface area is 146 Å². The smallest absolute Gasteiger partial charge is 0.262 e. The Balaban J connectivity index is 1.63. The molecule has 2 heterocycles. The van der Waals surface area contributed by atoms with E-state index in [9.17, 15) is 4.79 Å². The lowest BCUT2D eigenvalue weighted by molar-refractivity contribution is 0.167. The number of nitrogens with zero attached hydrogens (tertiary/aromatic N) is 4. The normalized spacial score (nSPS) is 15.8. The van der Waals surface area contributed by atoms with E-state index in [0.717, 1.165) is 12.5 Å². The number of fused-ring (bicyclic) bond motifs is 1. The van der Waals surface area contributed by atoms with Crippen LogP contribution in [0.4, 0.5) is 0 Å². The van der Waals surface area contributed by atoms with Gasteiger partial charge >= 0.3 is 0 Å². The van der Waals surface area contributed by atoms with Crippen LogP contribution in [0.1, 0.15) is 31.2 Å². The summed E-state index contributed by atoms with van der Waals surface area (Å²) in [7, 11) is 1.81. The number of benzene rings is 1. The highest BCUT2D eigenvalue weighted by molar-refractivity contribution is 5.72. The number of rotatable bonds is 6. The van der Waals surface area contributed by atoms with Gasteiger partial charge in [-0.25, -0.2) is 4.98 Å². The van der Waals surface area contributed by atoms with Gasteiger partial charge in [0.05, 0.1) is 12.7 Å². The molecule has 0 radical (unpaired) electrons. The molecule has 2 aromatic heterocycles. The van der Waals surface area contributed by atoms with Crippen molar-refractivity contribution in [1.82, 2.24) is 24.6 Å². The summed E-state index contributed by atoms with van der Waals surface area (Å²) in [6, 6.07) is 10.9. The third-order valence-electron chi connectivity index (χ3n) is 5.11. The highest BCUT2D eigenvalue weighted by atomic mass is 16.1. The van der Waals surface area contributed by atoms with E-state index in [1.807, 2.05) is 13.1 Å². The van der Waals surface area contributed by atoms with E-state index in [4.69, 9.17) is 0 Å². The lowest BCUT2D eigenvalue weighted by Gasteiger charge is -2.28. The highest BCUT2D eigenvalue weighted by Gasteiger charge is 2.32. The molecule has 130 valence electrons. The van der Waals surface area contributed by atoms with E-state index in [-0.39, 0.29) is 5.56 Å². The summed E-state index contributed by atoms with van der Waals surface area (Å²) >= 11 is 0. The molecule has 1 aliphatic carbocycles. The predicted octanol–water partition coefficient (Wildman–Crippen LogP) is 2.46. The van der Waals surface area contributed by atoms with Gasteiger partial charge in [0, 0.05) is 19.6 Å². The Morgan fingerprint density at radius 2 is 2.04 bits per heavy atom. The average molecular weight is 337 g/mol. The van der Waals surface area contributed by atoms with Crippen LogP contribution in [0.5, 0.6) is 0 Å². The van der Waals surface area contributed by atoms with Gasteiger partial charge in [0.2, 0.25) is 0 Å². The molecule has 0 saturated heterocycles. The molecular formula is C19H23N5O. The molecule has 6 nitrogen and oxygen atoms in total. The van der Waals surface area contributed by atoms with Crippen LogP contribution in [-0.4, -0.2) is 30.7 Å². The first-order valence-corrected chi connectivity index (χ1v) is 8.80. The Kier molecular flexibility index (Phi) is 4.13. The molecule has 4 rings (SSSR count). The quantitative estimate of drug-likeness (QED) is 0.750. The first-order valence-electron chi connectivity index (χ1n) is 8.80. The van der Waals surface area contributed by atoms with E-state index in [0.29, 0.717) is 29.4 Å². The summed E-state index contributed by atoms with van der Waals surface area (Å²) in [5.74, 6) is 1.44. The standard InChI is InChI=1S/C19H23N5O/c1-13(15-8-9-15)24(11-14-6-4-3-5-7-14)12-17-21-18-16(19(25)22-17)10-20-23(18)2/h3-7,10,13,15H,8-9,11-12H2,1-2H3,(H,21,22,25). The van der Waals surface area contributed by atoms with Gasteiger partial charge in [-0.1, -0.05) is 30.3 Å². The lowest BCUT2D eigenvalue weighted by Crippen LogP contribution is -2.35. The molecule has 25 heavy (non-hydrogen) atoms. The van der Waals surface area contributed by atoms with Crippen LogP contribution in [0.15, 0.2) is 41.3 Å². The molecule has 1 atom stereocenters. The van der Waals surface area contributed by atoms with Crippen LogP contribution >= 0.6 is 0 Å². The molecule has 0 amide bonds. The van der Waals surface area contributed by atoms with Gasteiger partial charge in [-0.3, -0.25) is 14.4 Å². The van der Waals surface area contributed by atoms with E-state index < -0.39 is 0 Å². The summed E-state index contributed by atoms with van der Waals surface area (Å²) in [5.41, 5.74) is 1.79. The van der Waals surface area contributed by atoms with E-state index in [1.165, 1.54) is 18.4 Å². The maximum atomic E-state index is 12.3. The minimum atomic E-state index is -0.119. The number of aromatic nitrogens is 4. The zero-order valence-electron chi connectivity index (χ0n) is 14.6. The van der Waals surface area contributed by atoms with Crippen molar-refractivity contribution in [1.29, 1.82) is 0 Å². The summed E-state index contributed by atoms with van der Waals surface area (Å²) in [5, 5.41) is 4.68. The molecule has 0 bridgehead atoms. The van der Waals surface area contributed by atoms with Gasteiger partial charge in [0.15, 0.2) is 5.65 Å². The van der Waals surface area contributed by atoms with Crippen molar-refractivity contribution in [3.05, 3.63) is 58.3 Å². The SMILES string of the molecule is CC(C1CC1)N(Cc1ccccc1)Cc1nc2c(cnn2C)c(=O)[nH]1. The molecule has 0 aliphatic heterocycles. The molecule has 1 aromatic carbocycles. The van der Waals surface area contributed by atoms with Crippen molar-refractivity contribution in [2.75, 3.05) is 0 Å². The van der Waals surface area contributed by atoms with Gasteiger partial charge < -0.3 is 4.98 Å². The topological polar surface area (TPSA) is 66.8 Å². The Morgan fingerprint density at radius 3 is 2.76 bits per heavy atom. The lowest BCUT2D eigenvalue weighted by atomic mass is 10.1. The summed E-state index contributed by atoms with van der Waals surface area (Å²) < 4.78 is 1.65. The zero-order valence-corrected chi connectivity index (χ0v) is 14.6. The molecule has 1 aliphatic rings. The first-order chi connectivity index (χ1) is 12.1. The van der Waals surface area contributed by atoms with Gasteiger partial charge in [-0.05, 0) is 31.2 Å². The molecule has 6 heteroatoms. The molecule has 3 aromatic rings. The van der Waals surface area contributed by atoms with Crippen molar-refractivity contribution in [2.24, 2.45) is 13.0 Å². The molecular weight excluding hydrogens is 314 g/mol. The average Bonchev–Trinajstić information content (AvgIpc) is 3.39. The maximum Gasteiger partial charge on any atom is 0.262 e. The zero-order chi connectivity index (χ0) is 17.4. The van der Waals surface area contributed by atoms with Crippen LogP contribution in [0.25, 0.3) is 11.0 Å². The Morgan fingerprint density at radius 1 is 1.28 bits per heavy atom. The number of aromatic amines is 1. The number of hydrogen-bond donors (Lipinski definition) is 1. The summed E-state index contributed by atoms with van der Waals surface area (Å²) in [4.78, 5) is 22.3. The fourth-order valence-electron chi connectivity index (χ4n) is 3.38. The van der Waals surface area contributed by atoms with Gasteiger partial charge in [-0.15, -0.1) is 0 Å². The minimum absolute atomic E-state index is 0.119. The molecule has 1 saturated carbocycles. The second kappa shape index (κ2) is 6.44. The van der Waals surface area contributed by atoms with E-state index in [1.54, 1.807) is 10.9 Å².